The SMILES string of the molecule is COc1ccc(OC(C)CNC2=NCC(C)N2)cc1. The predicted molar refractivity (Wildman–Crippen MR) is 76.0 cm³/mol. The van der Waals surface area contributed by atoms with E-state index in [2.05, 4.69) is 22.5 Å². The number of guanidine groups is 1. The van der Waals surface area contributed by atoms with Crippen molar-refractivity contribution >= 4 is 5.96 Å². The van der Waals surface area contributed by atoms with Crippen LogP contribution in [0.1, 0.15) is 13.8 Å². The number of rotatable bonds is 5. The second-order valence-electron chi connectivity index (χ2n) is 4.72. The van der Waals surface area contributed by atoms with Crippen LogP contribution in [0.3, 0.4) is 0 Å². The van der Waals surface area contributed by atoms with Gasteiger partial charge >= 0.3 is 0 Å². The van der Waals surface area contributed by atoms with Crippen molar-refractivity contribution < 1.29 is 9.47 Å². The molecule has 0 spiro atoms. The van der Waals surface area contributed by atoms with Gasteiger partial charge in [-0.25, -0.2) is 0 Å². The third-order valence-electron chi connectivity index (χ3n) is 2.86. The summed E-state index contributed by atoms with van der Waals surface area (Å²) in [5.41, 5.74) is 0. The maximum atomic E-state index is 5.80. The molecule has 2 rings (SSSR count). The Labute approximate surface area is 114 Å². The molecular weight excluding hydrogens is 242 g/mol. The second-order valence-corrected chi connectivity index (χ2v) is 4.72. The van der Waals surface area contributed by atoms with Crippen LogP contribution >= 0.6 is 0 Å². The van der Waals surface area contributed by atoms with Crippen LogP contribution in [0.5, 0.6) is 11.5 Å². The highest BCUT2D eigenvalue weighted by Crippen LogP contribution is 2.17. The summed E-state index contributed by atoms with van der Waals surface area (Å²) in [4.78, 5) is 4.34. The van der Waals surface area contributed by atoms with E-state index >= 15 is 0 Å². The number of hydrogen-bond acceptors (Lipinski definition) is 5. The standard InChI is InChI=1S/C14H21N3O2/c1-10-8-15-14(17-10)16-9-11(2)19-13-6-4-12(18-3)5-7-13/h4-7,10-11H,8-9H2,1-3H3,(H2,15,16,17). The zero-order valence-corrected chi connectivity index (χ0v) is 11.6. The number of ether oxygens (including phenoxy) is 2. The average Bonchev–Trinajstić information content (AvgIpc) is 2.83. The minimum Gasteiger partial charge on any atom is -0.497 e. The maximum absolute atomic E-state index is 5.80. The molecule has 104 valence electrons. The normalized spacial score (nSPS) is 19.3. The molecule has 0 radical (unpaired) electrons. The van der Waals surface area contributed by atoms with Gasteiger partial charge in [0, 0.05) is 6.04 Å². The number of nitrogens with one attached hydrogen (secondary N) is 2. The first-order valence-corrected chi connectivity index (χ1v) is 6.53. The van der Waals surface area contributed by atoms with Gasteiger partial charge in [0.15, 0.2) is 5.96 Å². The Morgan fingerprint density at radius 1 is 1.37 bits per heavy atom. The van der Waals surface area contributed by atoms with Gasteiger partial charge in [0.2, 0.25) is 0 Å². The summed E-state index contributed by atoms with van der Waals surface area (Å²) in [6.45, 7) is 5.67. The number of aliphatic imine (C=N–C) groups is 1. The molecule has 0 fully saturated rings. The molecule has 2 N–H and O–H groups in total. The molecule has 19 heavy (non-hydrogen) atoms. The largest absolute Gasteiger partial charge is 0.497 e. The molecule has 1 aromatic rings. The quantitative estimate of drug-likeness (QED) is 0.843. The maximum Gasteiger partial charge on any atom is 0.191 e. The molecule has 1 aliphatic rings. The summed E-state index contributed by atoms with van der Waals surface area (Å²) in [6, 6.07) is 8.01. The van der Waals surface area contributed by atoms with E-state index in [9.17, 15) is 0 Å². The van der Waals surface area contributed by atoms with E-state index in [1.54, 1.807) is 7.11 Å². The summed E-state index contributed by atoms with van der Waals surface area (Å²) in [7, 11) is 1.65. The molecule has 0 bridgehead atoms. The lowest BCUT2D eigenvalue weighted by Crippen LogP contribution is -2.41. The highest BCUT2D eigenvalue weighted by molar-refractivity contribution is 5.81. The summed E-state index contributed by atoms with van der Waals surface area (Å²) in [5, 5.41) is 6.50. The van der Waals surface area contributed by atoms with Gasteiger partial charge in [0.05, 0.1) is 20.2 Å². The van der Waals surface area contributed by atoms with Crippen LogP contribution in [0, 0.1) is 0 Å². The number of benzene rings is 1. The molecular formula is C14H21N3O2. The molecule has 1 aromatic carbocycles. The van der Waals surface area contributed by atoms with Crippen molar-refractivity contribution in [3.63, 3.8) is 0 Å². The van der Waals surface area contributed by atoms with Crippen molar-refractivity contribution in [2.75, 3.05) is 20.2 Å². The number of nitrogens with zero attached hydrogens (tertiary/aromatic N) is 1. The topological polar surface area (TPSA) is 54.9 Å². The molecule has 1 aliphatic heterocycles. The van der Waals surface area contributed by atoms with Crippen LogP contribution in [-0.4, -0.2) is 38.3 Å². The van der Waals surface area contributed by atoms with Crippen LogP contribution in [0.2, 0.25) is 0 Å². The first kappa shape index (κ1) is 13.5. The van der Waals surface area contributed by atoms with Crippen LogP contribution < -0.4 is 20.1 Å². The Bertz CT molecular complexity index is 431. The summed E-state index contributed by atoms with van der Waals surface area (Å²) >= 11 is 0. The zero-order chi connectivity index (χ0) is 13.7. The number of methoxy groups -OCH3 is 1. The fourth-order valence-corrected chi connectivity index (χ4v) is 1.83. The van der Waals surface area contributed by atoms with Crippen molar-refractivity contribution in [2.45, 2.75) is 26.0 Å². The Hall–Kier alpha value is -1.91. The lowest BCUT2D eigenvalue weighted by molar-refractivity contribution is 0.223. The molecule has 0 aromatic heterocycles. The van der Waals surface area contributed by atoms with E-state index in [1.807, 2.05) is 31.2 Å². The van der Waals surface area contributed by atoms with E-state index in [4.69, 9.17) is 9.47 Å². The molecule has 5 heteroatoms. The monoisotopic (exact) mass is 263 g/mol. The minimum atomic E-state index is 0.0637. The molecule has 0 amide bonds. The Kier molecular flexibility index (Phi) is 4.49. The molecule has 2 atom stereocenters. The fraction of sp³-hybridized carbons (Fsp3) is 0.500. The van der Waals surface area contributed by atoms with Crippen molar-refractivity contribution in [1.82, 2.24) is 10.6 Å². The third-order valence-corrected chi connectivity index (χ3v) is 2.86. The summed E-state index contributed by atoms with van der Waals surface area (Å²) in [6.07, 6.45) is 0.0637. The first-order chi connectivity index (χ1) is 9.17. The van der Waals surface area contributed by atoms with Crippen molar-refractivity contribution in [1.29, 1.82) is 0 Å². The Morgan fingerprint density at radius 2 is 2.05 bits per heavy atom. The molecule has 2 unspecified atom stereocenters. The van der Waals surface area contributed by atoms with Gasteiger partial charge in [0.1, 0.15) is 17.6 Å². The van der Waals surface area contributed by atoms with E-state index < -0.39 is 0 Å². The van der Waals surface area contributed by atoms with E-state index in [-0.39, 0.29) is 6.10 Å². The van der Waals surface area contributed by atoms with E-state index in [1.165, 1.54) is 0 Å². The third kappa shape index (κ3) is 4.05. The number of hydrogen-bond donors (Lipinski definition) is 2. The minimum absolute atomic E-state index is 0.0637. The van der Waals surface area contributed by atoms with Crippen LogP contribution in [0.15, 0.2) is 29.3 Å². The first-order valence-electron chi connectivity index (χ1n) is 6.53. The van der Waals surface area contributed by atoms with E-state index in [0.29, 0.717) is 12.6 Å². The van der Waals surface area contributed by atoms with Crippen molar-refractivity contribution in [3.8, 4) is 11.5 Å². The second kappa shape index (κ2) is 6.31. The molecule has 0 saturated heterocycles. The summed E-state index contributed by atoms with van der Waals surface area (Å²) < 4.78 is 10.9. The molecule has 0 saturated carbocycles. The molecule has 1 heterocycles. The van der Waals surface area contributed by atoms with Gasteiger partial charge in [-0.05, 0) is 38.1 Å². The van der Waals surface area contributed by atoms with Gasteiger partial charge < -0.3 is 20.1 Å². The molecule has 0 aliphatic carbocycles. The molecule has 5 nitrogen and oxygen atoms in total. The lowest BCUT2D eigenvalue weighted by atomic mass is 10.3. The smallest absolute Gasteiger partial charge is 0.191 e. The average molecular weight is 263 g/mol. The van der Waals surface area contributed by atoms with Crippen LogP contribution in [0.25, 0.3) is 0 Å². The fourth-order valence-electron chi connectivity index (χ4n) is 1.83. The van der Waals surface area contributed by atoms with Gasteiger partial charge in [-0.1, -0.05) is 0 Å². The van der Waals surface area contributed by atoms with Gasteiger partial charge in [-0.15, -0.1) is 0 Å². The van der Waals surface area contributed by atoms with Gasteiger partial charge in [-0.2, -0.15) is 0 Å². The van der Waals surface area contributed by atoms with Crippen LogP contribution in [-0.2, 0) is 0 Å². The predicted octanol–water partition coefficient (Wildman–Crippen LogP) is 1.40. The Balaban J connectivity index is 1.75. The van der Waals surface area contributed by atoms with Crippen LogP contribution in [0.4, 0.5) is 0 Å². The lowest BCUT2D eigenvalue weighted by Gasteiger charge is -2.16. The highest BCUT2D eigenvalue weighted by Gasteiger charge is 2.13. The highest BCUT2D eigenvalue weighted by atomic mass is 16.5. The van der Waals surface area contributed by atoms with Gasteiger partial charge in [-0.3, -0.25) is 4.99 Å². The van der Waals surface area contributed by atoms with Crippen molar-refractivity contribution in [2.24, 2.45) is 4.99 Å². The van der Waals surface area contributed by atoms with E-state index in [0.717, 1.165) is 24.0 Å². The van der Waals surface area contributed by atoms with Gasteiger partial charge in [0.25, 0.3) is 0 Å². The van der Waals surface area contributed by atoms with Crippen molar-refractivity contribution in [3.05, 3.63) is 24.3 Å². The Morgan fingerprint density at radius 3 is 2.63 bits per heavy atom. The summed E-state index contributed by atoms with van der Waals surface area (Å²) in [5.74, 6) is 2.53. The zero-order valence-electron chi connectivity index (χ0n) is 11.6.